The second kappa shape index (κ2) is 9.14. The fourth-order valence-corrected chi connectivity index (χ4v) is 2.13. The highest BCUT2D eigenvalue weighted by Gasteiger charge is 2.17. The Hall–Kier alpha value is -2.45. The molecular formula is C17H24N4O4. The number of amides is 1. The average molecular weight is 348 g/mol. The van der Waals surface area contributed by atoms with Crippen molar-refractivity contribution in [2.75, 3.05) is 48.0 Å². The summed E-state index contributed by atoms with van der Waals surface area (Å²) in [5, 5.41) is 4.01. The lowest BCUT2D eigenvalue weighted by atomic mass is 10.2. The van der Waals surface area contributed by atoms with Crippen LogP contribution in [-0.2, 0) is 16.1 Å². The van der Waals surface area contributed by atoms with Gasteiger partial charge in [-0.2, -0.15) is 4.98 Å². The molecule has 0 spiro atoms. The Labute approximate surface area is 147 Å². The lowest BCUT2D eigenvalue weighted by Gasteiger charge is -2.21. The Morgan fingerprint density at radius 2 is 1.92 bits per heavy atom. The smallest absolute Gasteiger partial charge is 0.241 e. The zero-order valence-corrected chi connectivity index (χ0v) is 15.1. The molecule has 0 N–H and O–H groups in total. The van der Waals surface area contributed by atoms with Crippen molar-refractivity contribution in [3.8, 4) is 17.1 Å². The van der Waals surface area contributed by atoms with Crippen LogP contribution in [0.5, 0.6) is 5.75 Å². The van der Waals surface area contributed by atoms with Gasteiger partial charge in [-0.3, -0.25) is 9.69 Å². The van der Waals surface area contributed by atoms with E-state index in [1.165, 1.54) is 0 Å². The summed E-state index contributed by atoms with van der Waals surface area (Å²) in [4.78, 5) is 19.8. The predicted molar refractivity (Wildman–Crippen MR) is 92.1 cm³/mol. The maximum Gasteiger partial charge on any atom is 0.241 e. The second-order valence-electron chi connectivity index (χ2n) is 5.73. The minimum Gasteiger partial charge on any atom is -0.497 e. The molecule has 0 saturated heterocycles. The van der Waals surface area contributed by atoms with Crippen molar-refractivity contribution in [2.45, 2.75) is 6.54 Å². The fraction of sp³-hybridized carbons (Fsp3) is 0.471. The molecule has 0 radical (unpaired) electrons. The molecule has 0 fully saturated rings. The molecule has 0 aliphatic carbocycles. The van der Waals surface area contributed by atoms with E-state index in [-0.39, 0.29) is 12.5 Å². The number of ether oxygens (including phenoxy) is 2. The molecule has 8 heteroatoms. The first-order valence-electron chi connectivity index (χ1n) is 7.92. The highest BCUT2D eigenvalue weighted by atomic mass is 16.5. The van der Waals surface area contributed by atoms with Crippen LogP contribution in [0.4, 0.5) is 0 Å². The summed E-state index contributed by atoms with van der Waals surface area (Å²) in [7, 11) is 6.70. The molecule has 136 valence electrons. The second-order valence-corrected chi connectivity index (χ2v) is 5.73. The summed E-state index contributed by atoms with van der Waals surface area (Å²) >= 11 is 0. The van der Waals surface area contributed by atoms with Crippen LogP contribution in [-0.4, -0.2) is 73.9 Å². The molecule has 1 aromatic heterocycles. The van der Waals surface area contributed by atoms with Gasteiger partial charge in [-0.25, -0.2) is 0 Å². The third kappa shape index (κ3) is 5.54. The summed E-state index contributed by atoms with van der Waals surface area (Å²) in [6.45, 7) is 1.75. The first-order chi connectivity index (χ1) is 12.0. The summed E-state index contributed by atoms with van der Waals surface area (Å²) in [5.41, 5.74) is 0.837. The maximum atomic E-state index is 12.0. The van der Waals surface area contributed by atoms with Crippen molar-refractivity contribution in [1.29, 1.82) is 0 Å². The highest BCUT2D eigenvalue weighted by molar-refractivity contribution is 5.77. The van der Waals surface area contributed by atoms with E-state index in [0.717, 1.165) is 11.3 Å². The molecule has 1 heterocycles. The van der Waals surface area contributed by atoms with E-state index >= 15 is 0 Å². The van der Waals surface area contributed by atoms with E-state index in [0.29, 0.717) is 31.4 Å². The Kier molecular flexibility index (Phi) is 6.91. The van der Waals surface area contributed by atoms with Crippen molar-refractivity contribution in [2.24, 2.45) is 0 Å². The molecule has 0 saturated carbocycles. The first kappa shape index (κ1) is 18.9. The quantitative estimate of drug-likeness (QED) is 0.675. The number of rotatable bonds is 9. The molecule has 25 heavy (non-hydrogen) atoms. The van der Waals surface area contributed by atoms with Gasteiger partial charge >= 0.3 is 0 Å². The normalized spacial score (nSPS) is 10.9. The van der Waals surface area contributed by atoms with Gasteiger partial charge in [-0.1, -0.05) is 5.16 Å². The minimum absolute atomic E-state index is 0.00555. The molecule has 1 amide bonds. The van der Waals surface area contributed by atoms with Crippen molar-refractivity contribution in [3.63, 3.8) is 0 Å². The topological polar surface area (TPSA) is 80.9 Å². The van der Waals surface area contributed by atoms with E-state index in [4.69, 9.17) is 14.0 Å². The van der Waals surface area contributed by atoms with E-state index in [9.17, 15) is 4.79 Å². The number of carbonyl (C=O) groups is 1. The van der Waals surface area contributed by atoms with Gasteiger partial charge in [0.2, 0.25) is 17.6 Å². The van der Waals surface area contributed by atoms with Gasteiger partial charge in [0.05, 0.1) is 26.8 Å². The molecular weight excluding hydrogens is 324 g/mol. The van der Waals surface area contributed by atoms with Crippen LogP contribution in [0.15, 0.2) is 28.8 Å². The highest BCUT2D eigenvalue weighted by Crippen LogP contribution is 2.20. The third-order valence-corrected chi connectivity index (χ3v) is 3.64. The summed E-state index contributed by atoms with van der Waals surface area (Å²) in [6.07, 6.45) is 0. The Balaban J connectivity index is 2.05. The fourth-order valence-electron chi connectivity index (χ4n) is 2.13. The monoisotopic (exact) mass is 348 g/mol. The van der Waals surface area contributed by atoms with E-state index in [2.05, 4.69) is 10.1 Å². The molecule has 0 bridgehead atoms. The van der Waals surface area contributed by atoms with Gasteiger partial charge in [0.15, 0.2) is 0 Å². The number of carbonyl (C=O) groups excluding carboxylic acids is 1. The van der Waals surface area contributed by atoms with Gasteiger partial charge < -0.3 is 18.9 Å². The van der Waals surface area contributed by atoms with Gasteiger partial charge in [0, 0.05) is 33.3 Å². The minimum atomic E-state index is 0.00555. The van der Waals surface area contributed by atoms with Crippen LogP contribution in [0.3, 0.4) is 0 Å². The van der Waals surface area contributed by atoms with E-state index in [1.54, 1.807) is 33.2 Å². The lowest BCUT2D eigenvalue weighted by Crippen LogP contribution is -2.38. The first-order valence-corrected chi connectivity index (χ1v) is 7.92. The Morgan fingerprint density at radius 3 is 2.52 bits per heavy atom. The number of benzene rings is 1. The summed E-state index contributed by atoms with van der Waals surface area (Å²) < 4.78 is 15.6. The van der Waals surface area contributed by atoms with Crippen molar-refractivity contribution in [3.05, 3.63) is 30.2 Å². The molecule has 0 atom stereocenters. The van der Waals surface area contributed by atoms with Gasteiger partial charge in [-0.15, -0.1) is 0 Å². The van der Waals surface area contributed by atoms with Crippen LogP contribution in [0.25, 0.3) is 11.4 Å². The van der Waals surface area contributed by atoms with Crippen molar-refractivity contribution >= 4 is 5.91 Å². The zero-order valence-electron chi connectivity index (χ0n) is 15.1. The van der Waals surface area contributed by atoms with Crippen LogP contribution in [0.2, 0.25) is 0 Å². The number of hydrogen-bond acceptors (Lipinski definition) is 7. The van der Waals surface area contributed by atoms with E-state index < -0.39 is 0 Å². The average Bonchev–Trinajstić information content (AvgIpc) is 3.08. The molecule has 0 aliphatic heterocycles. The van der Waals surface area contributed by atoms with Crippen molar-refractivity contribution < 1.29 is 18.8 Å². The molecule has 1 aromatic carbocycles. The van der Waals surface area contributed by atoms with Crippen LogP contribution < -0.4 is 4.74 Å². The number of methoxy groups -OCH3 is 2. The Bertz CT molecular complexity index is 670. The van der Waals surface area contributed by atoms with Crippen LogP contribution >= 0.6 is 0 Å². The zero-order chi connectivity index (χ0) is 18.2. The number of nitrogens with zero attached hydrogens (tertiary/aromatic N) is 4. The molecule has 0 aliphatic rings. The van der Waals surface area contributed by atoms with Gasteiger partial charge in [0.25, 0.3) is 0 Å². The van der Waals surface area contributed by atoms with Crippen LogP contribution in [0, 0.1) is 0 Å². The van der Waals surface area contributed by atoms with Crippen molar-refractivity contribution in [1.82, 2.24) is 19.9 Å². The largest absolute Gasteiger partial charge is 0.497 e. The SMILES string of the molecule is COCCN(CC(=O)N(C)C)Cc1nc(-c2ccc(OC)cc2)no1. The Morgan fingerprint density at radius 1 is 1.20 bits per heavy atom. The maximum absolute atomic E-state index is 12.0. The lowest BCUT2D eigenvalue weighted by molar-refractivity contribution is -0.130. The number of likely N-dealkylation sites (N-methyl/N-ethyl adjacent to an activating group) is 1. The third-order valence-electron chi connectivity index (χ3n) is 3.64. The number of aromatic nitrogens is 2. The molecule has 8 nitrogen and oxygen atoms in total. The standard InChI is InChI=1S/C17H24N4O4/c1-20(2)16(22)12-21(9-10-23-3)11-15-18-17(19-25-15)13-5-7-14(24-4)8-6-13/h5-8H,9-12H2,1-4H3. The molecule has 2 rings (SSSR count). The van der Waals surface area contributed by atoms with Gasteiger partial charge in [0.1, 0.15) is 5.75 Å². The van der Waals surface area contributed by atoms with Crippen LogP contribution in [0.1, 0.15) is 5.89 Å². The summed E-state index contributed by atoms with van der Waals surface area (Å²) in [5.74, 6) is 1.73. The number of hydrogen-bond donors (Lipinski definition) is 0. The van der Waals surface area contributed by atoms with Gasteiger partial charge in [-0.05, 0) is 24.3 Å². The van der Waals surface area contributed by atoms with E-state index in [1.807, 2.05) is 29.2 Å². The molecule has 0 unspecified atom stereocenters. The predicted octanol–water partition coefficient (Wildman–Crippen LogP) is 1.28. The molecule has 2 aromatic rings. The summed E-state index contributed by atoms with van der Waals surface area (Å²) in [6, 6.07) is 7.41.